The van der Waals surface area contributed by atoms with Crippen LogP contribution in [0, 0.1) is 0 Å². The third kappa shape index (κ3) is 4.73. The Hall–Kier alpha value is -4.50. The molecule has 0 atom stereocenters. The molecule has 0 aliphatic heterocycles. The van der Waals surface area contributed by atoms with E-state index in [4.69, 9.17) is 0 Å². The fourth-order valence-electron chi connectivity index (χ4n) is 3.74. The van der Waals surface area contributed by atoms with Gasteiger partial charge in [0.2, 0.25) is 0 Å². The van der Waals surface area contributed by atoms with Crippen molar-refractivity contribution in [2.75, 3.05) is 0 Å². The molecule has 0 amide bonds. The van der Waals surface area contributed by atoms with Gasteiger partial charge < -0.3 is 5.11 Å². The van der Waals surface area contributed by atoms with E-state index in [1.165, 1.54) is 16.5 Å². The largest absolute Gasteiger partial charge is 0.508 e. The minimum atomic E-state index is 0.280. The van der Waals surface area contributed by atoms with Crippen molar-refractivity contribution in [3.05, 3.63) is 128 Å². The number of aromatic hydroxyl groups is 1. The summed E-state index contributed by atoms with van der Waals surface area (Å²) in [6.07, 6.45) is 3.78. The zero-order valence-electron chi connectivity index (χ0n) is 18.0. The van der Waals surface area contributed by atoms with Crippen LogP contribution in [0.4, 0.5) is 0 Å². The van der Waals surface area contributed by atoms with Crippen LogP contribution >= 0.6 is 0 Å². The summed E-state index contributed by atoms with van der Waals surface area (Å²) in [6.45, 7) is 0. The number of nitrogens with zero attached hydrogens (tertiary/aromatic N) is 2. The average molecular weight is 427 g/mol. The molecule has 0 saturated carbocycles. The van der Waals surface area contributed by atoms with Gasteiger partial charge in [0.1, 0.15) is 5.75 Å². The standard InChI is InChI=1S/C15H11NO.C15H11N/c17-14-7-5-11(6-8-14)13-9-12-3-1-2-4-15(12)16-10-13;1-2-6-12(7-3-1)14-10-13-8-4-5-9-15(13)16-11-14/h1-10,17H;1-11H. The van der Waals surface area contributed by atoms with Crippen molar-refractivity contribution in [3.8, 4) is 28.0 Å². The molecule has 6 aromatic rings. The molecular formula is C30H22N2O. The number of rotatable bonds is 2. The summed E-state index contributed by atoms with van der Waals surface area (Å²) >= 11 is 0. The zero-order valence-corrected chi connectivity index (χ0v) is 18.0. The molecule has 4 aromatic carbocycles. The third-order valence-corrected chi connectivity index (χ3v) is 5.49. The lowest BCUT2D eigenvalue weighted by Gasteiger charge is -2.03. The molecule has 0 aliphatic carbocycles. The Labute approximate surface area is 192 Å². The minimum absolute atomic E-state index is 0.280. The second-order valence-electron chi connectivity index (χ2n) is 7.75. The van der Waals surface area contributed by atoms with Crippen molar-refractivity contribution in [2.24, 2.45) is 0 Å². The minimum Gasteiger partial charge on any atom is -0.508 e. The number of pyridine rings is 2. The summed E-state index contributed by atoms with van der Waals surface area (Å²) in [4.78, 5) is 8.88. The number of phenols is 1. The Morgan fingerprint density at radius 3 is 1.42 bits per heavy atom. The molecule has 33 heavy (non-hydrogen) atoms. The lowest BCUT2D eigenvalue weighted by atomic mass is 10.1. The van der Waals surface area contributed by atoms with Gasteiger partial charge in [0, 0.05) is 34.3 Å². The fraction of sp³-hybridized carbons (Fsp3) is 0. The van der Waals surface area contributed by atoms with Gasteiger partial charge in [0.05, 0.1) is 11.0 Å². The van der Waals surface area contributed by atoms with Gasteiger partial charge in [-0.05, 0) is 47.5 Å². The van der Waals surface area contributed by atoms with Gasteiger partial charge in [-0.3, -0.25) is 9.97 Å². The lowest BCUT2D eigenvalue weighted by molar-refractivity contribution is 0.475. The van der Waals surface area contributed by atoms with Crippen molar-refractivity contribution >= 4 is 21.8 Å². The number of hydrogen-bond acceptors (Lipinski definition) is 3. The molecule has 0 saturated heterocycles. The summed E-state index contributed by atoms with van der Waals surface area (Å²) < 4.78 is 0. The third-order valence-electron chi connectivity index (χ3n) is 5.49. The highest BCUT2D eigenvalue weighted by atomic mass is 16.3. The van der Waals surface area contributed by atoms with E-state index in [9.17, 15) is 5.11 Å². The molecule has 0 fully saturated rings. The number of aromatic nitrogens is 2. The molecule has 3 heteroatoms. The van der Waals surface area contributed by atoms with E-state index in [1.54, 1.807) is 12.1 Å². The summed E-state index contributed by atoms with van der Waals surface area (Å²) in [5.74, 6) is 0.280. The van der Waals surface area contributed by atoms with Gasteiger partial charge in [-0.1, -0.05) is 78.9 Å². The maximum atomic E-state index is 9.26. The number of benzene rings is 4. The maximum Gasteiger partial charge on any atom is 0.115 e. The van der Waals surface area contributed by atoms with Crippen LogP contribution in [0.1, 0.15) is 0 Å². The SMILES string of the molecule is Oc1ccc(-c2cnc3ccccc3c2)cc1.c1ccc(-c2cnc3ccccc3c2)cc1. The summed E-state index contributed by atoms with van der Waals surface area (Å²) in [6, 6.07) is 38.0. The molecule has 158 valence electrons. The zero-order chi connectivity index (χ0) is 22.5. The van der Waals surface area contributed by atoms with Crippen LogP contribution in [0.3, 0.4) is 0 Å². The molecule has 0 unspecified atom stereocenters. The van der Waals surface area contributed by atoms with Crippen LogP contribution < -0.4 is 0 Å². The van der Waals surface area contributed by atoms with Crippen molar-refractivity contribution in [1.82, 2.24) is 9.97 Å². The van der Waals surface area contributed by atoms with Crippen molar-refractivity contribution in [1.29, 1.82) is 0 Å². The van der Waals surface area contributed by atoms with Crippen LogP contribution in [0.25, 0.3) is 44.1 Å². The molecule has 0 radical (unpaired) electrons. The van der Waals surface area contributed by atoms with E-state index in [1.807, 2.05) is 85.2 Å². The number of para-hydroxylation sites is 2. The van der Waals surface area contributed by atoms with Gasteiger partial charge in [-0.2, -0.15) is 0 Å². The van der Waals surface area contributed by atoms with Gasteiger partial charge in [0.25, 0.3) is 0 Å². The first-order valence-corrected chi connectivity index (χ1v) is 10.8. The normalized spacial score (nSPS) is 10.5. The summed E-state index contributed by atoms with van der Waals surface area (Å²) in [7, 11) is 0. The molecule has 0 aliphatic rings. The topological polar surface area (TPSA) is 46.0 Å². The Morgan fingerprint density at radius 1 is 0.424 bits per heavy atom. The number of fused-ring (bicyclic) bond motifs is 2. The smallest absolute Gasteiger partial charge is 0.115 e. The maximum absolute atomic E-state index is 9.26. The van der Waals surface area contributed by atoms with Crippen molar-refractivity contribution < 1.29 is 5.11 Å². The van der Waals surface area contributed by atoms with Crippen LogP contribution in [0.5, 0.6) is 5.75 Å². The highest BCUT2D eigenvalue weighted by Crippen LogP contribution is 2.24. The molecular weight excluding hydrogens is 404 g/mol. The highest BCUT2D eigenvalue weighted by molar-refractivity contribution is 5.84. The van der Waals surface area contributed by atoms with Crippen molar-refractivity contribution in [2.45, 2.75) is 0 Å². The van der Waals surface area contributed by atoms with Crippen molar-refractivity contribution in [3.63, 3.8) is 0 Å². The summed E-state index contributed by atoms with van der Waals surface area (Å²) in [5, 5.41) is 11.6. The van der Waals surface area contributed by atoms with E-state index in [0.717, 1.165) is 27.5 Å². The average Bonchev–Trinajstić information content (AvgIpc) is 2.89. The van der Waals surface area contributed by atoms with Crippen LogP contribution in [0.2, 0.25) is 0 Å². The predicted molar refractivity (Wildman–Crippen MR) is 136 cm³/mol. The van der Waals surface area contributed by atoms with Crippen LogP contribution in [-0.2, 0) is 0 Å². The predicted octanol–water partition coefficient (Wildman–Crippen LogP) is 7.51. The summed E-state index contributed by atoms with van der Waals surface area (Å²) in [5.41, 5.74) is 6.53. The monoisotopic (exact) mass is 426 g/mol. The Morgan fingerprint density at radius 2 is 0.879 bits per heavy atom. The molecule has 0 bridgehead atoms. The van der Waals surface area contributed by atoms with Crippen LogP contribution in [0.15, 0.2) is 128 Å². The van der Waals surface area contributed by atoms with E-state index in [0.29, 0.717) is 0 Å². The Bertz CT molecular complexity index is 1510. The molecule has 1 N–H and O–H groups in total. The first-order chi connectivity index (χ1) is 16.3. The second kappa shape index (κ2) is 9.33. The fourth-order valence-corrected chi connectivity index (χ4v) is 3.74. The lowest BCUT2D eigenvalue weighted by Crippen LogP contribution is -1.82. The molecule has 2 heterocycles. The van der Waals surface area contributed by atoms with Gasteiger partial charge in [0.15, 0.2) is 0 Å². The van der Waals surface area contributed by atoms with Gasteiger partial charge >= 0.3 is 0 Å². The van der Waals surface area contributed by atoms with Gasteiger partial charge in [-0.25, -0.2) is 0 Å². The van der Waals surface area contributed by atoms with Gasteiger partial charge in [-0.15, -0.1) is 0 Å². The molecule has 6 rings (SSSR count). The van der Waals surface area contributed by atoms with Crippen LogP contribution in [-0.4, -0.2) is 15.1 Å². The van der Waals surface area contributed by atoms with E-state index in [-0.39, 0.29) is 5.75 Å². The Kier molecular flexibility index (Phi) is 5.77. The number of hydrogen-bond donors (Lipinski definition) is 1. The second-order valence-corrected chi connectivity index (χ2v) is 7.75. The van der Waals surface area contributed by atoms with E-state index < -0.39 is 0 Å². The van der Waals surface area contributed by atoms with E-state index >= 15 is 0 Å². The number of phenolic OH excluding ortho intramolecular Hbond substituents is 1. The molecule has 2 aromatic heterocycles. The first-order valence-electron chi connectivity index (χ1n) is 10.8. The molecule has 0 spiro atoms. The Balaban J connectivity index is 0.000000139. The highest BCUT2D eigenvalue weighted by Gasteiger charge is 2.01. The quantitative estimate of drug-likeness (QED) is 0.312. The molecule has 3 nitrogen and oxygen atoms in total. The first kappa shape index (κ1) is 20.4. The van der Waals surface area contributed by atoms with E-state index in [2.05, 4.69) is 40.3 Å².